The number of amides is 1. The fourth-order valence-corrected chi connectivity index (χ4v) is 1.64. The Balaban J connectivity index is 2.33. The third-order valence-corrected chi connectivity index (χ3v) is 3.13. The summed E-state index contributed by atoms with van der Waals surface area (Å²) < 4.78 is 5.29. The molecule has 1 aliphatic heterocycles. The van der Waals surface area contributed by atoms with Gasteiger partial charge in [-0.1, -0.05) is 6.92 Å². The number of hydrogen-bond acceptors (Lipinski definition) is 3. The van der Waals surface area contributed by atoms with Crippen LogP contribution in [0.2, 0.25) is 0 Å². The van der Waals surface area contributed by atoms with Gasteiger partial charge < -0.3 is 15.8 Å². The number of rotatable bonds is 4. The molecule has 0 bridgehead atoms. The Bertz CT molecular complexity index is 203. The largest absolute Gasteiger partial charge is 0.381 e. The van der Waals surface area contributed by atoms with Crippen LogP contribution in [0.15, 0.2) is 0 Å². The van der Waals surface area contributed by atoms with Gasteiger partial charge in [-0.15, -0.1) is 0 Å². The number of nitrogens with two attached hydrogens (primary N) is 1. The molecule has 3 unspecified atom stereocenters. The van der Waals surface area contributed by atoms with E-state index in [0.29, 0.717) is 19.1 Å². The number of hydrogen-bond donors (Lipinski definition) is 2. The molecule has 0 radical (unpaired) electrons. The SMILES string of the molecule is CC(CN)C(C)NC(=O)C1CCCOC1. The topological polar surface area (TPSA) is 64.3 Å². The molecule has 0 spiro atoms. The van der Waals surface area contributed by atoms with Crippen molar-refractivity contribution in [2.45, 2.75) is 32.7 Å². The second-order valence-corrected chi connectivity index (χ2v) is 4.42. The van der Waals surface area contributed by atoms with Gasteiger partial charge in [0, 0.05) is 12.6 Å². The lowest BCUT2D eigenvalue weighted by Gasteiger charge is -2.25. The van der Waals surface area contributed by atoms with E-state index in [1.54, 1.807) is 0 Å². The highest BCUT2D eigenvalue weighted by Gasteiger charge is 2.23. The van der Waals surface area contributed by atoms with E-state index >= 15 is 0 Å². The van der Waals surface area contributed by atoms with Gasteiger partial charge in [0.25, 0.3) is 0 Å². The number of carbonyl (C=O) groups is 1. The van der Waals surface area contributed by atoms with E-state index in [4.69, 9.17) is 10.5 Å². The van der Waals surface area contributed by atoms with Gasteiger partial charge in [0.05, 0.1) is 12.5 Å². The molecule has 1 fully saturated rings. The van der Waals surface area contributed by atoms with Gasteiger partial charge in [0.1, 0.15) is 0 Å². The van der Waals surface area contributed by atoms with Crippen molar-refractivity contribution in [2.75, 3.05) is 19.8 Å². The fraction of sp³-hybridized carbons (Fsp3) is 0.909. The maximum Gasteiger partial charge on any atom is 0.225 e. The molecule has 4 heteroatoms. The third-order valence-electron chi connectivity index (χ3n) is 3.13. The molecule has 3 N–H and O–H groups in total. The average molecular weight is 214 g/mol. The van der Waals surface area contributed by atoms with Crippen LogP contribution >= 0.6 is 0 Å². The minimum absolute atomic E-state index is 0.0335. The molecular formula is C11H22N2O2. The van der Waals surface area contributed by atoms with Crippen LogP contribution in [-0.4, -0.2) is 31.7 Å². The molecule has 1 saturated heterocycles. The first kappa shape index (κ1) is 12.5. The summed E-state index contributed by atoms with van der Waals surface area (Å²) in [6.45, 7) is 6.00. The molecule has 0 aromatic heterocycles. The summed E-state index contributed by atoms with van der Waals surface area (Å²) >= 11 is 0. The fourth-order valence-electron chi connectivity index (χ4n) is 1.64. The first-order valence-electron chi connectivity index (χ1n) is 5.73. The van der Waals surface area contributed by atoms with Gasteiger partial charge in [-0.25, -0.2) is 0 Å². The number of ether oxygens (including phenoxy) is 1. The minimum atomic E-state index is 0.0335. The Morgan fingerprint density at radius 1 is 1.60 bits per heavy atom. The lowest BCUT2D eigenvalue weighted by Crippen LogP contribution is -2.44. The van der Waals surface area contributed by atoms with Crippen molar-refractivity contribution in [1.82, 2.24) is 5.32 Å². The van der Waals surface area contributed by atoms with E-state index in [9.17, 15) is 4.79 Å². The zero-order chi connectivity index (χ0) is 11.3. The zero-order valence-corrected chi connectivity index (χ0v) is 9.66. The minimum Gasteiger partial charge on any atom is -0.381 e. The molecule has 0 aromatic rings. The predicted molar refractivity (Wildman–Crippen MR) is 59.4 cm³/mol. The van der Waals surface area contributed by atoms with Crippen LogP contribution in [0.1, 0.15) is 26.7 Å². The van der Waals surface area contributed by atoms with E-state index in [2.05, 4.69) is 5.32 Å². The quantitative estimate of drug-likeness (QED) is 0.717. The van der Waals surface area contributed by atoms with Crippen molar-refractivity contribution in [3.63, 3.8) is 0 Å². The molecular weight excluding hydrogens is 192 g/mol. The maximum absolute atomic E-state index is 11.8. The van der Waals surface area contributed by atoms with E-state index in [1.165, 1.54) is 0 Å². The molecule has 3 atom stereocenters. The highest BCUT2D eigenvalue weighted by Crippen LogP contribution is 2.14. The van der Waals surface area contributed by atoms with Gasteiger partial charge in [-0.05, 0) is 32.2 Å². The molecule has 0 aromatic carbocycles. The molecule has 1 aliphatic rings. The lowest BCUT2D eigenvalue weighted by atomic mass is 9.99. The summed E-state index contributed by atoms with van der Waals surface area (Å²) in [7, 11) is 0. The Labute approximate surface area is 91.5 Å². The molecule has 1 heterocycles. The van der Waals surface area contributed by atoms with Crippen LogP contribution in [0.25, 0.3) is 0 Å². The van der Waals surface area contributed by atoms with Crippen molar-refractivity contribution < 1.29 is 9.53 Å². The van der Waals surface area contributed by atoms with Gasteiger partial charge in [0.2, 0.25) is 5.91 Å². The Morgan fingerprint density at radius 3 is 2.87 bits per heavy atom. The Morgan fingerprint density at radius 2 is 2.33 bits per heavy atom. The molecule has 88 valence electrons. The van der Waals surface area contributed by atoms with E-state index in [1.807, 2.05) is 13.8 Å². The summed E-state index contributed by atoms with van der Waals surface area (Å²) in [6, 6.07) is 0.143. The van der Waals surface area contributed by atoms with Crippen LogP contribution in [0.5, 0.6) is 0 Å². The van der Waals surface area contributed by atoms with Crippen LogP contribution in [0.4, 0.5) is 0 Å². The van der Waals surface area contributed by atoms with Gasteiger partial charge in [0.15, 0.2) is 0 Å². The van der Waals surface area contributed by atoms with Crippen LogP contribution < -0.4 is 11.1 Å². The van der Waals surface area contributed by atoms with Crippen LogP contribution in [-0.2, 0) is 9.53 Å². The Kier molecular flexibility index (Phi) is 5.05. The molecule has 1 amide bonds. The second kappa shape index (κ2) is 6.08. The second-order valence-electron chi connectivity index (χ2n) is 4.42. The molecule has 4 nitrogen and oxygen atoms in total. The first-order chi connectivity index (χ1) is 7.15. The summed E-state index contributed by atoms with van der Waals surface area (Å²) in [5.74, 6) is 0.465. The van der Waals surface area contributed by atoms with Crippen LogP contribution in [0.3, 0.4) is 0 Å². The predicted octanol–water partition coefficient (Wildman–Crippen LogP) is 0.513. The van der Waals surface area contributed by atoms with Crippen molar-refractivity contribution in [1.29, 1.82) is 0 Å². The summed E-state index contributed by atoms with van der Waals surface area (Å²) in [5.41, 5.74) is 5.55. The highest BCUT2D eigenvalue weighted by molar-refractivity contribution is 5.79. The smallest absolute Gasteiger partial charge is 0.225 e. The normalized spacial score (nSPS) is 25.7. The van der Waals surface area contributed by atoms with Crippen molar-refractivity contribution in [2.24, 2.45) is 17.6 Å². The van der Waals surface area contributed by atoms with Crippen molar-refractivity contribution in [3.05, 3.63) is 0 Å². The third kappa shape index (κ3) is 3.80. The zero-order valence-electron chi connectivity index (χ0n) is 9.66. The lowest BCUT2D eigenvalue weighted by molar-refractivity contribution is -0.129. The van der Waals surface area contributed by atoms with Gasteiger partial charge in [-0.3, -0.25) is 4.79 Å². The summed E-state index contributed by atoms with van der Waals surface area (Å²) in [6.07, 6.45) is 1.93. The Hall–Kier alpha value is -0.610. The number of nitrogens with one attached hydrogen (secondary N) is 1. The van der Waals surface area contributed by atoms with E-state index < -0.39 is 0 Å². The van der Waals surface area contributed by atoms with E-state index in [0.717, 1.165) is 19.4 Å². The molecule has 15 heavy (non-hydrogen) atoms. The number of carbonyl (C=O) groups excluding carboxylic acids is 1. The molecule has 1 rings (SSSR count). The maximum atomic E-state index is 11.8. The van der Waals surface area contributed by atoms with E-state index in [-0.39, 0.29) is 17.9 Å². The van der Waals surface area contributed by atoms with Crippen molar-refractivity contribution in [3.8, 4) is 0 Å². The standard InChI is InChI=1S/C11H22N2O2/c1-8(6-12)9(2)13-11(14)10-4-3-5-15-7-10/h8-10H,3-7,12H2,1-2H3,(H,13,14). The van der Waals surface area contributed by atoms with Crippen LogP contribution in [0, 0.1) is 11.8 Å². The summed E-state index contributed by atoms with van der Waals surface area (Å²) in [4.78, 5) is 11.8. The first-order valence-corrected chi connectivity index (χ1v) is 5.73. The molecule has 0 saturated carbocycles. The van der Waals surface area contributed by atoms with Gasteiger partial charge >= 0.3 is 0 Å². The highest BCUT2D eigenvalue weighted by atomic mass is 16.5. The average Bonchev–Trinajstić information content (AvgIpc) is 2.29. The van der Waals surface area contributed by atoms with Gasteiger partial charge in [-0.2, -0.15) is 0 Å². The summed E-state index contributed by atoms with van der Waals surface area (Å²) in [5, 5.41) is 3.00. The molecule has 0 aliphatic carbocycles. The van der Waals surface area contributed by atoms with Crippen molar-refractivity contribution >= 4 is 5.91 Å². The monoisotopic (exact) mass is 214 g/mol.